The van der Waals surface area contributed by atoms with E-state index in [9.17, 15) is 10.2 Å². The zero-order chi connectivity index (χ0) is 29.3. The zero-order valence-corrected chi connectivity index (χ0v) is 25.0. The molecule has 0 radical (unpaired) electrons. The van der Waals surface area contributed by atoms with Gasteiger partial charge in [-0.3, -0.25) is 9.80 Å². The SMILES string of the molecule is CNCC(O)COc1cccc(-c2nc(-c3c(C)noc3C)c(C)c(N3CCCC4(C3)CN(C(O)N(C)C)C4)n2)c1. The van der Waals surface area contributed by atoms with E-state index in [0.29, 0.717) is 18.1 Å². The lowest BCUT2D eigenvalue weighted by Crippen LogP contribution is -2.67. The van der Waals surface area contributed by atoms with Gasteiger partial charge in [-0.2, -0.15) is 0 Å². The van der Waals surface area contributed by atoms with Gasteiger partial charge in [-0.15, -0.1) is 0 Å². The largest absolute Gasteiger partial charge is 0.491 e. The van der Waals surface area contributed by atoms with Crippen LogP contribution in [0.2, 0.25) is 0 Å². The Morgan fingerprint density at radius 3 is 2.61 bits per heavy atom. The first-order chi connectivity index (χ1) is 19.6. The van der Waals surface area contributed by atoms with Crippen molar-refractivity contribution in [3.05, 3.63) is 41.3 Å². The standard InChI is InChI=1S/C30H43N7O4/c1-19-26(25-20(2)34-41-21(25)3)32-27(22-9-7-10-24(13-22)40-15-23(38)14-31-4)33-28(19)36-12-8-11-30(16-36)17-37(18-30)29(39)35(5)6/h7,9-10,13,23,29,31,38-39H,8,11-12,14-18H2,1-6H3. The number of aromatic nitrogens is 3. The number of nitrogens with zero attached hydrogens (tertiary/aromatic N) is 6. The summed E-state index contributed by atoms with van der Waals surface area (Å²) >= 11 is 0. The minimum atomic E-state index is -0.607. The second kappa shape index (κ2) is 12.0. The molecule has 0 aliphatic carbocycles. The van der Waals surface area contributed by atoms with Gasteiger partial charge in [0.1, 0.15) is 30.0 Å². The van der Waals surface area contributed by atoms with Gasteiger partial charge in [0, 0.05) is 49.3 Å². The van der Waals surface area contributed by atoms with Gasteiger partial charge in [0.25, 0.3) is 0 Å². The van der Waals surface area contributed by atoms with Gasteiger partial charge in [-0.05, 0) is 66.9 Å². The van der Waals surface area contributed by atoms with Crippen molar-refractivity contribution in [1.82, 2.24) is 30.2 Å². The Hall–Kier alpha value is -3.09. The van der Waals surface area contributed by atoms with Crippen LogP contribution in [-0.4, -0.2) is 108 Å². The maximum Gasteiger partial charge on any atom is 0.165 e. The molecule has 2 aliphatic rings. The van der Waals surface area contributed by atoms with E-state index in [0.717, 1.165) is 78.7 Å². The minimum Gasteiger partial charge on any atom is -0.491 e. The number of likely N-dealkylation sites (N-methyl/N-ethyl adjacent to an activating group) is 1. The lowest BCUT2D eigenvalue weighted by atomic mass is 9.73. The van der Waals surface area contributed by atoms with Crippen molar-refractivity contribution in [1.29, 1.82) is 0 Å². The summed E-state index contributed by atoms with van der Waals surface area (Å²) in [6.45, 7) is 10.1. The second-order valence-electron chi connectivity index (χ2n) is 11.8. The Kier molecular flexibility index (Phi) is 8.62. The average molecular weight is 566 g/mol. The third kappa shape index (κ3) is 6.09. The number of nitrogens with one attached hydrogen (secondary N) is 1. The van der Waals surface area contributed by atoms with Crippen molar-refractivity contribution < 1.29 is 19.5 Å². The lowest BCUT2D eigenvalue weighted by molar-refractivity contribution is -0.169. The number of ether oxygens (including phenoxy) is 1. The Bertz CT molecular complexity index is 1340. The zero-order valence-electron chi connectivity index (χ0n) is 25.0. The van der Waals surface area contributed by atoms with Crippen LogP contribution in [0, 0.1) is 26.2 Å². The molecule has 2 aromatic heterocycles. The van der Waals surface area contributed by atoms with E-state index in [2.05, 4.69) is 27.2 Å². The summed E-state index contributed by atoms with van der Waals surface area (Å²) in [7, 11) is 5.59. The third-order valence-corrected chi connectivity index (χ3v) is 8.19. The van der Waals surface area contributed by atoms with Crippen LogP contribution >= 0.6 is 0 Å². The van der Waals surface area contributed by atoms with Crippen LogP contribution in [0.1, 0.15) is 29.9 Å². The molecule has 11 nitrogen and oxygen atoms in total. The number of anilines is 1. The molecule has 2 saturated heterocycles. The lowest BCUT2D eigenvalue weighted by Gasteiger charge is -2.56. The molecule has 3 N–H and O–H groups in total. The van der Waals surface area contributed by atoms with Crippen molar-refractivity contribution in [2.75, 3.05) is 65.4 Å². The van der Waals surface area contributed by atoms with Crippen LogP contribution in [-0.2, 0) is 0 Å². The fourth-order valence-corrected chi connectivity index (χ4v) is 6.17. The van der Waals surface area contributed by atoms with E-state index in [4.69, 9.17) is 19.2 Å². The maximum absolute atomic E-state index is 10.5. The van der Waals surface area contributed by atoms with Gasteiger partial charge >= 0.3 is 0 Å². The van der Waals surface area contributed by atoms with Crippen LogP contribution in [0.4, 0.5) is 5.82 Å². The molecule has 2 unspecified atom stereocenters. The van der Waals surface area contributed by atoms with Crippen molar-refractivity contribution in [2.24, 2.45) is 5.41 Å². The molecule has 5 rings (SSSR count). The van der Waals surface area contributed by atoms with Gasteiger partial charge < -0.3 is 29.7 Å². The number of likely N-dealkylation sites (tertiary alicyclic amines) is 1. The summed E-state index contributed by atoms with van der Waals surface area (Å²) in [4.78, 5) is 16.5. The predicted octanol–water partition coefficient (Wildman–Crippen LogP) is 2.42. The predicted molar refractivity (Wildman–Crippen MR) is 158 cm³/mol. The highest BCUT2D eigenvalue weighted by Crippen LogP contribution is 2.43. The monoisotopic (exact) mass is 565 g/mol. The van der Waals surface area contributed by atoms with Crippen LogP contribution in [0.15, 0.2) is 28.8 Å². The van der Waals surface area contributed by atoms with E-state index >= 15 is 0 Å². The van der Waals surface area contributed by atoms with Crippen molar-refractivity contribution in [3.63, 3.8) is 0 Å². The number of piperidine rings is 1. The van der Waals surface area contributed by atoms with Gasteiger partial charge in [0.15, 0.2) is 12.2 Å². The molecule has 1 aromatic carbocycles. The van der Waals surface area contributed by atoms with E-state index in [1.54, 1.807) is 7.05 Å². The molecule has 2 fully saturated rings. The number of hydrogen-bond donors (Lipinski definition) is 3. The van der Waals surface area contributed by atoms with E-state index in [1.807, 2.05) is 57.1 Å². The summed E-state index contributed by atoms with van der Waals surface area (Å²) in [6.07, 6.45) is 1.02. The first kappa shape index (κ1) is 29.4. The molecule has 0 saturated carbocycles. The van der Waals surface area contributed by atoms with Gasteiger partial charge in [0.2, 0.25) is 0 Å². The number of hydrogen-bond acceptors (Lipinski definition) is 11. The molecule has 0 amide bonds. The highest BCUT2D eigenvalue weighted by atomic mass is 16.5. The number of aryl methyl sites for hydroxylation is 2. The number of aliphatic hydroxyl groups excluding tert-OH is 2. The van der Waals surface area contributed by atoms with Gasteiger partial charge in [-0.1, -0.05) is 17.3 Å². The third-order valence-electron chi connectivity index (χ3n) is 8.19. The maximum atomic E-state index is 10.5. The molecule has 4 heterocycles. The van der Waals surface area contributed by atoms with Crippen LogP contribution in [0.5, 0.6) is 5.75 Å². The van der Waals surface area contributed by atoms with Gasteiger partial charge in [-0.25, -0.2) is 9.97 Å². The second-order valence-corrected chi connectivity index (χ2v) is 11.8. The summed E-state index contributed by atoms with van der Waals surface area (Å²) in [5.74, 6) is 2.87. The Labute approximate surface area is 242 Å². The van der Waals surface area contributed by atoms with Crippen molar-refractivity contribution in [3.8, 4) is 28.4 Å². The number of rotatable bonds is 10. The molecule has 222 valence electrons. The minimum absolute atomic E-state index is 0.123. The summed E-state index contributed by atoms with van der Waals surface area (Å²) in [6, 6.07) is 7.69. The fourth-order valence-electron chi connectivity index (χ4n) is 6.17. The highest BCUT2D eigenvalue weighted by molar-refractivity contribution is 5.75. The summed E-state index contributed by atoms with van der Waals surface area (Å²) in [5.41, 5.74) is 4.44. The highest BCUT2D eigenvalue weighted by Gasteiger charge is 2.48. The molecule has 41 heavy (non-hydrogen) atoms. The molecule has 3 aromatic rings. The summed E-state index contributed by atoms with van der Waals surface area (Å²) < 4.78 is 11.4. The Balaban J connectivity index is 1.49. The first-order valence-electron chi connectivity index (χ1n) is 14.3. The fraction of sp³-hybridized carbons (Fsp3) is 0.567. The van der Waals surface area contributed by atoms with Crippen molar-refractivity contribution >= 4 is 5.82 Å². The molecule has 2 atom stereocenters. The number of aliphatic hydroxyl groups is 2. The van der Waals surface area contributed by atoms with E-state index in [1.165, 1.54) is 0 Å². The summed E-state index contributed by atoms with van der Waals surface area (Å²) in [5, 5.41) is 27.8. The number of benzene rings is 1. The molecule has 11 heteroatoms. The van der Waals surface area contributed by atoms with E-state index < -0.39 is 12.5 Å². The van der Waals surface area contributed by atoms with E-state index in [-0.39, 0.29) is 12.0 Å². The molecule has 0 bridgehead atoms. The average Bonchev–Trinajstić information content (AvgIpc) is 3.28. The van der Waals surface area contributed by atoms with Crippen LogP contribution < -0.4 is 15.0 Å². The van der Waals surface area contributed by atoms with Crippen LogP contribution in [0.25, 0.3) is 22.6 Å². The van der Waals surface area contributed by atoms with Gasteiger partial charge in [0.05, 0.1) is 17.0 Å². The molecule has 2 aliphatic heterocycles. The van der Waals surface area contributed by atoms with Crippen molar-refractivity contribution in [2.45, 2.75) is 46.1 Å². The van der Waals surface area contributed by atoms with Crippen LogP contribution in [0.3, 0.4) is 0 Å². The quantitative estimate of drug-likeness (QED) is 0.314. The Morgan fingerprint density at radius 2 is 1.93 bits per heavy atom. The Morgan fingerprint density at radius 1 is 1.15 bits per heavy atom. The molecular formula is C30H43N7O4. The molecule has 1 spiro atoms. The topological polar surface area (TPSA) is 123 Å². The normalized spacial score (nSPS) is 18.5. The smallest absolute Gasteiger partial charge is 0.165 e. The first-order valence-corrected chi connectivity index (χ1v) is 14.3. The molecular weight excluding hydrogens is 522 g/mol.